The van der Waals surface area contributed by atoms with Crippen molar-refractivity contribution in [3.05, 3.63) is 0 Å². The Labute approximate surface area is 88.0 Å². The molecule has 3 atom stereocenters. The van der Waals surface area contributed by atoms with E-state index in [1.54, 1.807) is 0 Å². The molecule has 1 heterocycles. The van der Waals surface area contributed by atoms with Gasteiger partial charge in [0.25, 0.3) is 0 Å². The van der Waals surface area contributed by atoms with E-state index in [4.69, 9.17) is 9.47 Å². The average Bonchev–Trinajstić information content (AvgIpc) is 2.36. The molecule has 0 aromatic carbocycles. The fourth-order valence-corrected chi connectivity index (χ4v) is 2.00. The summed E-state index contributed by atoms with van der Waals surface area (Å²) in [5, 5.41) is 0. The Morgan fingerprint density at radius 1 is 1.00 bits per heavy atom. The summed E-state index contributed by atoms with van der Waals surface area (Å²) in [7, 11) is 0. The fourth-order valence-electron chi connectivity index (χ4n) is 2.00. The molecule has 1 saturated heterocycles. The molecule has 0 aromatic rings. The summed E-state index contributed by atoms with van der Waals surface area (Å²) < 4.78 is 11.6. The lowest BCUT2D eigenvalue weighted by Gasteiger charge is -2.23. The van der Waals surface area contributed by atoms with Crippen molar-refractivity contribution < 1.29 is 9.47 Å². The second kappa shape index (κ2) is 5.13. The van der Waals surface area contributed by atoms with Gasteiger partial charge in [0, 0.05) is 6.42 Å². The van der Waals surface area contributed by atoms with E-state index in [9.17, 15) is 0 Å². The van der Waals surface area contributed by atoms with Gasteiger partial charge in [0.15, 0.2) is 5.79 Å². The third-order valence-corrected chi connectivity index (χ3v) is 3.02. The smallest absolute Gasteiger partial charge is 0.166 e. The normalized spacial score (nSPS) is 37.7. The van der Waals surface area contributed by atoms with Crippen LogP contribution in [0, 0.1) is 0 Å². The molecule has 0 radical (unpaired) electrons. The number of hydrogen-bond acceptors (Lipinski definition) is 2. The van der Waals surface area contributed by atoms with Crippen LogP contribution < -0.4 is 0 Å². The molecule has 0 bridgehead atoms. The van der Waals surface area contributed by atoms with E-state index in [-0.39, 0.29) is 18.0 Å². The number of unbranched alkanes of at least 4 members (excludes halogenated alkanes) is 3. The molecule has 2 heteroatoms. The maximum Gasteiger partial charge on any atom is 0.166 e. The average molecular weight is 200 g/mol. The van der Waals surface area contributed by atoms with Gasteiger partial charge in [0.05, 0.1) is 12.2 Å². The molecule has 1 rings (SSSR count). The van der Waals surface area contributed by atoms with Crippen molar-refractivity contribution in [2.45, 2.75) is 77.8 Å². The fraction of sp³-hybridized carbons (Fsp3) is 1.00. The third-order valence-electron chi connectivity index (χ3n) is 3.02. The highest BCUT2D eigenvalue weighted by Crippen LogP contribution is 2.32. The minimum atomic E-state index is -0.313. The van der Waals surface area contributed by atoms with Crippen molar-refractivity contribution in [2.75, 3.05) is 0 Å². The first-order valence-electron chi connectivity index (χ1n) is 5.93. The summed E-state index contributed by atoms with van der Waals surface area (Å²) in [5.74, 6) is -0.313. The molecule has 0 aromatic heterocycles. The Hall–Kier alpha value is -0.0800. The zero-order valence-electron chi connectivity index (χ0n) is 10.0. The lowest BCUT2D eigenvalue weighted by atomic mass is 10.1. The van der Waals surface area contributed by atoms with Crippen molar-refractivity contribution in [2.24, 2.45) is 0 Å². The minimum absolute atomic E-state index is 0.242. The zero-order valence-corrected chi connectivity index (χ0v) is 10.0. The first-order valence-corrected chi connectivity index (χ1v) is 5.93. The van der Waals surface area contributed by atoms with Crippen LogP contribution in [0.5, 0.6) is 0 Å². The molecule has 1 aliphatic heterocycles. The Balaban J connectivity index is 2.23. The van der Waals surface area contributed by atoms with Crippen molar-refractivity contribution in [3.8, 4) is 0 Å². The predicted octanol–water partition coefficient (Wildman–Crippen LogP) is 3.50. The maximum atomic E-state index is 5.82. The molecule has 0 aliphatic carbocycles. The molecule has 2 nitrogen and oxygen atoms in total. The highest BCUT2D eigenvalue weighted by atomic mass is 16.7. The first-order chi connectivity index (χ1) is 6.57. The van der Waals surface area contributed by atoms with E-state index < -0.39 is 0 Å². The highest BCUT2D eigenvalue weighted by Gasteiger charge is 2.39. The molecule has 84 valence electrons. The van der Waals surface area contributed by atoms with E-state index in [2.05, 4.69) is 27.7 Å². The molecule has 1 fully saturated rings. The van der Waals surface area contributed by atoms with Gasteiger partial charge in [0.2, 0.25) is 0 Å². The van der Waals surface area contributed by atoms with Crippen LogP contribution in [0.1, 0.15) is 59.8 Å². The van der Waals surface area contributed by atoms with Gasteiger partial charge in [-0.2, -0.15) is 0 Å². The van der Waals surface area contributed by atoms with Gasteiger partial charge in [-0.05, 0) is 27.2 Å². The lowest BCUT2D eigenvalue weighted by Crippen LogP contribution is -2.26. The largest absolute Gasteiger partial charge is 0.345 e. The summed E-state index contributed by atoms with van der Waals surface area (Å²) in [6, 6.07) is 0. The van der Waals surface area contributed by atoms with E-state index in [1.165, 1.54) is 25.7 Å². The Kier molecular flexibility index (Phi) is 4.39. The monoisotopic (exact) mass is 200 g/mol. The summed E-state index contributed by atoms with van der Waals surface area (Å²) in [6.45, 7) is 8.47. The van der Waals surface area contributed by atoms with Gasteiger partial charge in [-0.25, -0.2) is 0 Å². The molecule has 0 spiro atoms. The number of hydrogen-bond donors (Lipinski definition) is 0. The quantitative estimate of drug-likeness (QED) is 0.632. The topological polar surface area (TPSA) is 18.5 Å². The second-order valence-corrected chi connectivity index (χ2v) is 4.59. The van der Waals surface area contributed by atoms with Crippen molar-refractivity contribution in [1.29, 1.82) is 0 Å². The van der Waals surface area contributed by atoms with Gasteiger partial charge >= 0.3 is 0 Å². The Bertz CT molecular complexity index is 158. The molecule has 0 amide bonds. The highest BCUT2D eigenvalue weighted by molar-refractivity contribution is 4.78. The molecular formula is C12H24O2. The van der Waals surface area contributed by atoms with Crippen molar-refractivity contribution in [3.63, 3.8) is 0 Å². The molecule has 0 saturated carbocycles. The summed E-state index contributed by atoms with van der Waals surface area (Å²) >= 11 is 0. The predicted molar refractivity (Wildman–Crippen MR) is 58.3 cm³/mol. The first kappa shape index (κ1) is 12.0. The standard InChI is InChI=1S/C12H24O2/c1-5-6-7-8-9-12(4)13-10(2)11(3)14-12/h10-11H,5-9H2,1-4H3/t10-,11+,12?. The van der Waals surface area contributed by atoms with Gasteiger partial charge < -0.3 is 9.47 Å². The van der Waals surface area contributed by atoms with Gasteiger partial charge in [-0.1, -0.05) is 26.2 Å². The molecule has 1 aliphatic rings. The van der Waals surface area contributed by atoms with E-state index in [0.29, 0.717) is 0 Å². The van der Waals surface area contributed by atoms with Crippen LogP contribution >= 0.6 is 0 Å². The van der Waals surface area contributed by atoms with E-state index in [0.717, 1.165) is 6.42 Å². The van der Waals surface area contributed by atoms with Crippen LogP contribution in [-0.4, -0.2) is 18.0 Å². The van der Waals surface area contributed by atoms with Crippen LogP contribution in [0.15, 0.2) is 0 Å². The van der Waals surface area contributed by atoms with Crippen molar-refractivity contribution >= 4 is 0 Å². The SMILES string of the molecule is CCCCCCC1(C)O[C@@H](C)[C@@H](C)O1. The summed E-state index contributed by atoms with van der Waals surface area (Å²) in [4.78, 5) is 0. The zero-order chi connectivity index (χ0) is 10.6. The van der Waals surface area contributed by atoms with Crippen LogP contribution in [0.4, 0.5) is 0 Å². The number of rotatable bonds is 5. The maximum absolute atomic E-state index is 5.82. The Morgan fingerprint density at radius 2 is 1.57 bits per heavy atom. The van der Waals surface area contributed by atoms with Gasteiger partial charge in [0.1, 0.15) is 0 Å². The molecule has 14 heavy (non-hydrogen) atoms. The van der Waals surface area contributed by atoms with Crippen LogP contribution in [-0.2, 0) is 9.47 Å². The number of ether oxygens (including phenoxy) is 2. The summed E-state index contributed by atoms with van der Waals surface area (Å²) in [5.41, 5.74) is 0. The van der Waals surface area contributed by atoms with Gasteiger partial charge in [-0.15, -0.1) is 0 Å². The second-order valence-electron chi connectivity index (χ2n) is 4.59. The van der Waals surface area contributed by atoms with Gasteiger partial charge in [-0.3, -0.25) is 0 Å². The van der Waals surface area contributed by atoms with Crippen LogP contribution in [0.25, 0.3) is 0 Å². The molecule has 0 N–H and O–H groups in total. The Morgan fingerprint density at radius 3 is 2.07 bits per heavy atom. The molecular weight excluding hydrogens is 176 g/mol. The molecule has 1 unspecified atom stereocenters. The minimum Gasteiger partial charge on any atom is -0.345 e. The van der Waals surface area contributed by atoms with E-state index in [1.807, 2.05) is 0 Å². The van der Waals surface area contributed by atoms with E-state index >= 15 is 0 Å². The lowest BCUT2D eigenvalue weighted by molar-refractivity contribution is -0.164. The van der Waals surface area contributed by atoms with Crippen LogP contribution in [0.3, 0.4) is 0 Å². The van der Waals surface area contributed by atoms with Crippen molar-refractivity contribution in [1.82, 2.24) is 0 Å². The third kappa shape index (κ3) is 3.25. The summed E-state index contributed by atoms with van der Waals surface area (Å²) in [6.07, 6.45) is 6.62. The van der Waals surface area contributed by atoms with Crippen LogP contribution in [0.2, 0.25) is 0 Å².